The molecule has 8 atom stereocenters. The van der Waals surface area contributed by atoms with E-state index in [1.807, 2.05) is 41.5 Å². The number of carbonyl (C=O) groups excluding carboxylic acids is 3. The number of fused-ring (bicyclic) bond motifs is 5. The van der Waals surface area contributed by atoms with Gasteiger partial charge in [-0.1, -0.05) is 91.2 Å². The highest BCUT2D eigenvalue weighted by molar-refractivity contribution is 5.72. The highest BCUT2D eigenvalue weighted by Crippen LogP contribution is 2.67. The Kier molecular flexibility index (Phi) is 18.6. The van der Waals surface area contributed by atoms with Gasteiger partial charge in [0.05, 0.1) is 6.54 Å². The zero-order chi connectivity index (χ0) is 43.4. The Labute approximate surface area is 361 Å². The van der Waals surface area contributed by atoms with E-state index in [-0.39, 0.29) is 30.1 Å². The lowest BCUT2D eigenvalue weighted by Crippen LogP contribution is -2.51. The van der Waals surface area contributed by atoms with Crippen LogP contribution in [0, 0.1) is 46.3 Å². The van der Waals surface area contributed by atoms with Crippen molar-refractivity contribution in [3.05, 3.63) is 11.6 Å². The minimum Gasteiger partial charge on any atom is -0.461 e. The number of hydrogen-bond donors (Lipinski definition) is 2. The van der Waals surface area contributed by atoms with Crippen LogP contribution in [-0.2, 0) is 19.0 Å². The molecule has 2 N–H and O–H groups in total. The van der Waals surface area contributed by atoms with Gasteiger partial charge in [-0.3, -0.25) is 9.69 Å². The van der Waals surface area contributed by atoms with Gasteiger partial charge >= 0.3 is 18.2 Å². The number of unbranched alkanes of at least 4 members (excludes halogenated alkanes) is 5. The maximum atomic E-state index is 13.6. The van der Waals surface area contributed by atoms with Gasteiger partial charge in [0, 0.05) is 26.1 Å². The summed E-state index contributed by atoms with van der Waals surface area (Å²) in [5.41, 5.74) is 1.27. The molecule has 0 saturated heterocycles. The molecular formula is C50H89N3O6. The summed E-state index contributed by atoms with van der Waals surface area (Å²) in [5.74, 6) is 4.79. The molecule has 59 heavy (non-hydrogen) atoms. The Morgan fingerprint density at radius 1 is 0.746 bits per heavy atom. The second-order valence-corrected chi connectivity index (χ2v) is 22.3. The Bertz CT molecular complexity index is 1370. The smallest absolute Gasteiger partial charge is 0.407 e. The van der Waals surface area contributed by atoms with Gasteiger partial charge in [0.25, 0.3) is 0 Å². The van der Waals surface area contributed by atoms with Gasteiger partial charge in [-0.2, -0.15) is 0 Å². The van der Waals surface area contributed by atoms with Crippen molar-refractivity contribution in [2.75, 3.05) is 32.7 Å². The molecule has 9 heteroatoms. The number of nitrogens with zero attached hydrogens (tertiary/aromatic N) is 1. The van der Waals surface area contributed by atoms with E-state index in [1.54, 1.807) is 5.57 Å². The van der Waals surface area contributed by atoms with E-state index in [1.165, 1.54) is 51.4 Å². The summed E-state index contributed by atoms with van der Waals surface area (Å²) in [7, 11) is 0. The molecule has 0 spiro atoms. The Morgan fingerprint density at radius 2 is 1.36 bits per heavy atom. The van der Waals surface area contributed by atoms with Crippen molar-refractivity contribution < 1.29 is 28.6 Å². The van der Waals surface area contributed by atoms with Crippen molar-refractivity contribution in [3.63, 3.8) is 0 Å². The van der Waals surface area contributed by atoms with Crippen molar-refractivity contribution in [1.29, 1.82) is 0 Å². The van der Waals surface area contributed by atoms with Crippen LogP contribution < -0.4 is 10.6 Å². The topological polar surface area (TPSA) is 106 Å². The molecule has 0 heterocycles. The SMILES string of the molecule is CC(C)CCC[C@@H](C)[C@H]1CC[C@H]2[C@@H]3CC=C4C[C@@H](OC(=O)CN(CCCCCCCCNC(=O)OC(C)(C)C)CCCNC(=O)OC(C)(C)C)CC[C@]4(C)[C@H]3CC[C@]12C. The number of carbonyl (C=O) groups is 3. The van der Waals surface area contributed by atoms with Crippen molar-refractivity contribution in [3.8, 4) is 0 Å². The predicted octanol–water partition coefficient (Wildman–Crippen LogP) is 12.0. The van der Waals surface area contributed by atoms with Crippen LogP contribution >= 0.6 is 0 Å². The summed E-state index contributed by atoms with van der Waals surface area (Å²) < 4.78 is 17.0. The van der Waals surface area contributed by atoms with Crippen molar-refractivity contribution in [2.45, 2.75) is 209 Å². The number of nitrogens with one attached hydrogen (secondary N) is 2. The summed E-state index contributed by atoms with van der Waals surface area (Å²) >= 11 is 0. The maximum Gasteiger partial charge on any atom is 0.407 e. The molecule has 0 bridgehead atoms. The third kappa shape index (κ3) is 15.2. The van der Waals surface area contributed by atoms with Gasteiger partial charge in [0.2, 0.25) is 0 Å². The van der Waals surface area contributed by atoms with Gasteiger partial charge in [-0.15, -0.1) is 0 Å². The van der Waals surface area contributed by atoms with E-state index in [0.29, 0.717) is 25.0 Å². The molecule has 0 aliphatic heterocycles. The lowest BCUT2D eigenvalue weighted by Gasteiger charge is -2.58. The Morgan fingerprint density at radius 3 is 2.00 bits per heavy atom. The zero-order valence-corrected chi connectivity index (χ0v) is 39.8. The molecular weight excluding hydrogens is 739 g/mol. The standard InChI is InChI=1S/C50H89N3O6/c1-36(2)20-18-21-37(3)41-24-25-42-40-23-22-38-34-39(26-28-49(38,10)43(40)27-29-50(41,42)11)57-44(54)35-53(33-19-31-52-46(56)59-48(7,8)9)32-17-15-13-12-14-16-30-51-45(55)58-47(4,5)6/h22,36-37,39-43H,12-21,23-35H2,1-11H3,(H,51,55)(H,52,56)/t37-,39+,40+,41-,42+,43+,49+,50-/m1/s1. The Balaban J connectivity index is 1.25. The fourth-order valence-corrected chi connectivity index (χ4v) is 11.9. The van der Waals surface area contributed by atoms with Crippen LogP contribution in [0.3, 0.4) is 0 Å². The van der Waals surface area contributed by atoms with Gasteiger partial charge in [0.15, 0.2) is 0 Å². The number of alkyl carbamates (subject to hydrolysis) is 2. The molecule has 2 amide bonds. The summed E-state index contributed by atoms with van der Waals surface area (Å²) in [6, 6.07) is 0. The third-order valence-corrected chi connectivity index (χ3v) is 14.8. The number of hydrogen-bond acceptors (Lipinski definition) is 7. The summed E-state index contributed by atoms with van der Waals surface area (Å²) in [6.45, 7) is 26.6. The van der Waals surface area contributed by atoms with E-state index < -0.39 is 17.3 Å². The molecule has 0 unspecified atom stereocenters. The predicted molar refractivity (Wildman–Crippen MR) is 240 cm³/mol. The molecule has 0 radical (unpaired) electrons. The first-order chi connectivity index (χ1) is 27.7. The molecule has 3 saturated carbocycles. The monoisotopic (exact) mass is 828 g/mol. The highest BCUT2D eigenvalue weighted by atomic mass is 16.6. The van der Waals surface area contributed by atoms with Gasteiger partial charge < -0.3 is 24.8 Å². The molecule has 0 aromatic carbocycles. The van der Waals surface area contributed by atoms with Crippen LogP contribution in [-0.4, -0.2) is 73.1 Å². The molecule has 4 rings (SSSR count). The molecule has 0 aromatic heterocycles. The summed E-state index contributed by atoms with van der Waals surface area (Å²) in [6.07, 6.45) is 22.7. The lowest BCUT2D eigenvalue weighted by atomic mass is 9.47. The fourth-order valence-electron chi connectivity index (χ4n) is 11.9. The lowest BCUT2D eigenvalue weighted by molar-refractivity contribution is -0.153. The van der Waals surface area contributed by atoms with Crippen molar-refractivity contribution >= 4 is 18.2 Å². The molecule has 3 fully saturated rings. The van der Waals surface area contributed by atoms with Crippen LogP contribution in [0.25, 0.3) is 0 Å². The number of ether oxygens (including phenoxy) is 3. The van der Waals surface area contributed by atoms with Crippen LogP contribution in [0.5, 0.6) is 0 Å². The maximum absolute atomic E-state index is 13.6. The van der Waals surface area contributed by atoms with E-state index in [0.717, 1.165) is 106 Å². The number of allylic oxidation sites excluding steroid dienone is 1. The first kappa shape index (κ1) is 49.4. The summed E-state index contributed by atoms with van der Waals surface area (Å²) in [4.78, 5) is 39.9. The number of esters is 1. The Hall–Kier alpha value is -2.29. The molecule has 0 aromatic rings. The van der Waals surface area contributed by atoms with Gasteiger partial charge in [-0.25, -0.2) is 9.59 Å². The van der Waals surface area contributed by atoms with E-state index in [2.05, 4.69) is 56.2 Å². The quantitative estimate of drug-likeness (QED) is 0.0514. The first-order valence-corrected chi connectivity index (χ1v) is 24.2. The van der Waals surface area contributed by atoms with Crippen LogP contribution in [0.15, 0.2) is 11.6 Å². The van der Waals surface area contributed by atoms with Crippen molar-refractivity contribution in [2.24, 2.45) is 46.3 Å². The summed E-state index contributed by atoms with van der Waals surface area (Å²) in [5, 5.41) is 5.71. The second kappa shape index (κ2) is 22.2. The first-order valence-electron chi connectivity index (χ1n) is 24.2. The van der Waals surface area contributed by atoms with Gasteiger partial charge in [-0.05, 0) is 159 Å². The molecule has 9 nitrogen and oxygen atoms in total. The van der Waals surface area contributed by atoms with E-state index in [9.17, 15) is 14.4 Å². The molecule has 340 valence electrons. The minimum absolute atomic E-state index is 0.0460. The zero-order valence-electron chi connectivity index (χ0n) is 39.8. The molecule has 4 aliphatic rings. The van der Waals surface area contributed by atoms with Crippen LogP contribution in [0.2, 0.25) is 0 Å². The highest BCUT2D eigenvalue weighted by Gasteiger charge is 2.59. The second-order valence-electron chi connectivity index (χ2n) is 22.3. The number of amides is 2. The minimum atomic E-state index is -0.539. The largest absolute Gasteiger partial charge is 0.461 e. The normalized spacial score (nSPS) is 28.6. The third-order valence-electron chi connectivity index (χ3n) is 14.8. The number of rotatable bonds is 21. The molecule has 4 aliphatic carbocycles. The fraction of sp³-hybridized carbons (Fsp3) is 0.900. The van der Waals surface area contributed by atoms with Gasteiger partial charge in [0.1, 0.15) is 17.3 Å². The van der Waals surface area contributed by atoms with Crippen LogP contribution in [0.4, 0.5) is 9.59 Å². The van der Waals surface area contributed by atoms with E-state index in [4.69, 9.17) is 14.2 Å². The average molecular weight is 828 g/mol. The van der Waals surface area contributed by atoms with E-state index >= 15 is 0 Å². The van der Waals surface area contributed by atoms with Crippen LogP contribution in [0.1, 0.15) is 192 Å². The average Bonchev–Trinajstić information content (AvgIpc) is 3.48. The van der Waals surface area contributed by atoms with Crippen molar-refractivity contribution in [1.82, 2.24) is 15.5 Å².